The van der Waals surface area contributed by atoms with Gasteiger partial charge >= 0.3 is 0 Å². The number of hydrogen-bond acceptors (Lipinski definition) is 3. The molecule has 2 N–H and O–H groups in total. The number of carbonyl (C=O) groups is 1. The first-order valence-corrected chi connectivity index (χ1v) is 13.8. The lowest BCUT2D eigenvalue weighted by Gasteiger charge is -2.28. The number of benzene rings is 2. The smallest absolute Gasteiger partial charge is 0.226 e. The molecule has 0 unspecified atom stereocenters. The zero-order valence-electron chi connectivity index (χ0n) is 22.5. The molecule has 0 saturated carbocycles. The minimum absolute atomic E-state index is 0.0489. The van der Waals surface area contributed by atoms with Crippen LogP contribution in [0.1, 0.15) is 52.3 Å². The number of halogens is 1. The molecule has 1 saturated heterocycles. The van der Waals surface area contributed by atoms with E-state index in [4.69, 9.17) is 23.8 Å². The molecule has 0 radical (unpaired) electrons. The molecule has 2 aromatic carbocycles. The molecule has 0 bridgehead atoms. The van der Waals surface area contributed by atoms with Gasteiger partial charge in [0.15, 0.2) is 5.11 Å². The summed E-state index contributed by atoms with van der Waals surface area (Å²) in [6, 6.07) is 21.6. The fourth-order valence-corrected chi connectivity index (χ4v) is 5.91. The normalized spacial score (nSPS) is 16.8. The molecule has 1 aliphatic heterocycles. The predicted molar refractivity (Wildman–Crippen MR) is 162 cm³/mol. The van der Waals surface area contributed by atoms with Crippen molar-refractivity contribution in [2.45, 2.75) is 46.2 Å². The van der Waals surface area contributed by atoms with Crippen molar-refractivity contribution in [1.29, 1.82) is 0 Å². The van der Waals surface area contributed by atoms with Crippen molar-refractivity contribution < 1.29 is 4.79 Å². The molecule has 1 amide bonds. The molecule has 0 aliphatic carbocycles. The van der Waals surface area contributed by atoms with E-state index in [0.717, 1.165) is 45.1 Å². The van der Waals surface area contributed by atoms with Crippen LogP contribution in [0.3, 0.4) is 0 Å². The Balaban J connectivity index is 1.50. The number of carbonyl (C=O) groups excluding carboxylic acids is 1. The highest BCUT2D eigenvalue weighted by Gasteiger charge is 2.41. The molecule has 1 fully saturated rings. The van der Waals surface area contributed by atoms with Crippen LogP contribution in [0.2, 0.25) is 5.02 Å². The van der Waals surface area contributed by atoms with Gasteiger partial charge in [-0.25, -0.2) is 0 Å². The number of anilines is 1. The van der Waals surface area contributed by atoms with E-state index in [0.29, 0.717) is 23.1 Å². The van der Waals surface area contributed by atoms with Gasteiger partial charge in [-0.1, -0.05) is 41.9 Å². The molecular weight excluding hydrogens is 526 g/mol. The molecular formula is C31H32ClN5OS. The predicted octanol–water partition coefficient (Wildman–Crippen LogP) is 6.76. The first-order valence-electron chi connectivity index (χ1n) is 13.0. The lowest BCUT2D eigenvalue weighted by molar-refractivity contribution is -0.116. The molecule has 0 spiro atoms. The average Bonchev–Trinajstić information content (AvgIpc) is 3.40. The number of hydrogen-bond donors (Lipinski definition) is 2. The summed E-state index contributed by atoms with van der Waals surface area (Å²) in [6.07, 6.45) is 2.10. The van der Waals surface area contributed by atoms with Crippen molar-refractivity contribution in [2.24, 2.45) is 0 Å². The maximum absolute atomic E-state index is 13.0. The highest BCUT2D eigenvalue weighted by Crippen LogP contribution is 2.41. The number of thiocarbonyl (C=S) groups is 1. The Bertz CT molecular complexity index is 1530. The molecule has 3 heterocycles. The standard InChI is InChI=1S/C31H32ClN5OS/c1-19-9-5-6-10-25(19)34-28(38)14-16-36-30(29(35-31(36)39)26-11-7-8-15-33-26)24-17-21(3)37(22(24)4)27-18-23(32)13-12-20(27)2/h5-13,15,17-18,29-30H,14,16H2,1-4H3,(H,34,38)(H,35,39)/t29-,30+/m0/s1. The number of aryl methyl sites for hydroxylation is 3. The Labute approximate surface area is 240 Å². The Morgan fingerprint density at radius 3 is 2.54 bits per heavy atom. The maximum Gasteiger partial charge on any atom is 0.226 e. The van der Waals surface area contributed by atoms with Crippen LogP contribution in [0, 0.1) is 27.7 Å². The summed E-state index contributed by atoms with van der Waals surface area (Å²) < 4.78 is 2.25. The van der Waals surface area contributed by atoms with Gasteiger partial charge in [0.05, 0.1) is 17.8 Å². The van der Waals surface area contributed by atoms with Gasteiger partial charge in [0, 0.05) is 46.9 Å². The minimum atomic E-state index is -0.160. The van der Waals surface area contributed by atoms with Crippen molar-refractivity contribution in [3.63, 3.8) is 0 Å². The van der Waals surface area contributed by atoms with Gasteiger partial charge in [-0.05, 0) is 93.0 Å². The number of nitrogens with one attached hydrogen (secondary N) is 2. The number of aromatic nitrogens is 2. The van der Waals surface area contributed by atoms with Crippen molar-refractivity contribution in [1.82, 2.24) is 19.8 Å². The lowest BCUT2D eigenvalue weighted by atomic mass is 9.96. The molecule has 4 aromatic rings. The highest BCUT2D eigenvalue weighted by atomic mass is 35.5. The van der Waals surface area contributed by atoms with E-state index in [1.165, 1.54) is 0 Å². The van der Waals surface area contributed by atoms with Gasteiger partial charge in [-0.2, -0.15) is 0 Å². The Hall–Kier alpha value is -3.68. The fourth-order valence-electron chi connectivity index (χ4n) is 5.41. The highest BCUT2D eigenvalue weighted by molar-refractivity contribution is 7.80. The molecule has 6 nitrogen and oxygen atoms in total. The summed E-state index contributed by atoms with van der Waals surface area (Å²) in [6.45, 7) is 8.78. The molecule has 8 heteroatoms. The van der Waals surface area contributed by atoms with Crippen LogP contribution in [-0.4, -0.2) is 32.0 Å². The van der Waals surface area contributed by atoms with Gasteiger partial charge in [-0.15, -0.1) is 0 Å². The van der Waals surface area contributed by atoms with Crippen molar-refractivity contribution >= 4 is 40.5 Å². The largest absolute Gasteiger partial charge is 0.352 e. The second-order valence-electron chi connectivity index (χ2n) is 10.0. The first kappa shape index (κ1) is 26.9. The van der Waals surface area contributed by atoms with Crippen molar-refractivity contribution in [3.8, 4) is 5.69 Å². The second-order valence-corrected chi connectivity index (χ2v) is 10.8. The summed E-state index contributed by atoms with van der Waals surface area (Å²) in [5, 5.41) is 7.86. The number of rotatable bonds is 7. The van der Waals surface area contributed by atoms with E-state index >= 15 is 0 Å². The Morgan fingerprint density at radius 1 is 1.03 bits per heavy atom. The van der Waals surface area contributed by atoms with E-state index in [1.54, 1.807) is 6.20 Å². The van der Waals surface area contributed by atoms with E-state index in [2.05, 4.69) is 51.9 Å². The topological polar surface area (TPSA) is 62.2 Å². The third-order valence-electron chi connectivity index (χ3n) is 7.40. The molecule has 2 atom stereocenters. The van der Waals surface area contributed by atoms with Crippen molar-refractivity contribution in [3.05, 3.63) is 112 Å². The third kappa shape index (κ3) is 5.42. The zero-order chi connectivity index (χ0) is 27.7. The lowest BCUT2D eigenvalue weighted by Crippen LogP contribution is -2.33. The second kappa shape index (κ2) is 11.2. The van der Waals surface area contributed by atoms with Crippen LogP contribution in [0.15, 0.2) is 72.9 Å². The van der Waals surface area contributed by atoms with Crippen LogP contribution in [0.4, 0.5) is 5.69 Å². The zero-order valence-corrected chi connectivity index (χ0v) is 24.1. The Morgan fingerprint density at radius 2 is 1.79 bits per heavy atom. The molecule has 200 valence electrons. The minimum Gasteiger partial charge on any atom is -0.352 e. The van der Waals surface area contributed by atoms with E-state index in [1.807, 2.05) is 67.6 Å². The van der Waals surface area contributed by atoms with Gasteiger partial charge in [0.1, 0.15) is 0 Å². The molecule has 5 rings (SSSR count). The van der Waals surface area contributed by atoms with Gasteiger partial charge in [0.2, 0.25) is 5.91 Å². The van der Waals surface area contributed by atoms with Crippen LogP contribution in [0.5, 0.6) is 0 Å². The summed E-state index contributed by atoms with van der Waals surface area (Å²) >= 11 is 12.2. The fraction of sp³-hybridized carbons (Fsp3) is 0.258. The summed E-state index contributed by atoms with van der Waals surface area (Å²) in [5.74, 6) is -0.0489. The van der Waals surface area contributed by atoms with Gasteiger partial charge in [0.25, 0.3) is 0 Å². The number of pyridine rings is 1. The van der Waals surface area contributed by atoms with E-state index in [-0.39, 0.29) is 18.0 Å². The maximum atomic E-state index is 13.0. The number of para-hydroxylation sites is 1. The van der Waals surface area contributed by atoms with E-state index < -0.39 is 0 Å². The average molecular weight is 558 g/mol. The monoisotopic (exact) mass is 557 g/mol. The number of nitrogens with zero attached hydrogens (tertiary/aromatic N) is 3. The van der Waals surface area contributed by atoms with Crippen molar-refractivity contribution in [2.75, 3.05) is 11.9 Å². The van der Waals surface area contributed by atoms with Crippen LogP contribution < -0.4 is 10.6 Å². The summed E-state index contributed by atoms with van der Waals surface area (Å²) in [7, 11) is 0. The van der Waals surface area contributed by atoms with Crippen LogP contribution in [0.25, 0.3) is 5.69 Å². The van der Waals surface area contributed by atoms with Crippen LogP contribution in [-0.2, 0) is 4.79 Å². The molecule has 39 heavy (non-hydrogen) atoms. The molecule has 1 aliphatic rings. The quantitative estimate of drug-likeness (QED) is 0.246. The SMILES string of the molecule is Cc1ccccc1NC(=O)CCN1C(=S)N[C@@H](c2ccccn2)[C@H]1c1cc(C)n(-c2cc(Cl)ccc2C)c1C. The summed E-state index contributed by atoms with van der Waals surface area (Å²) in [4.78, 5) is 19.8. The van der Waals surface area contributed by atoms with Crippen LogP contribution >= 0.6 is 23.8 Å². The number of amides is 1. The van der Waals surface area contributed by atoms with Gasteiger partial charge < -0.3 is 20.1 Å². The first-order chi connectivity index (χ1) is 18.7. The van der Waals surface area contributed by atoms with Gasteiger partial charge in [-0.3, -0.25) is 9.78 Å². The third-order valence-corrected chi connectivity index (χ3v) is 7.99. The van der Waals surface area contributed by atoms with E-state index in [9.17, 15) is 4.79 Å². The molecule has 2 aromatic heterocycles. The Kier molecular flexibility index (Phi) is 7.73. The summed E-state index contributed by atoms with van der Waals surface area (Å²) in [5.41, 5.74) is 8.28.